The van der Waals surface area contributed by atoms with Crippen molar-refractivity contribution in [2.24, 2.45) is 5.92 Å². The van der Waals surface area contributed by atoms with E-state index in [1.165, 1.54) is 0 Å². The first-order chi connectivity index (χ1) is 7.56. The highest BCUT2D eigenvalue weighted by Crippen LogP contribution is 2.16. The van der Waals surface area contributed by atoms with Crippen LogP contribution in [0, 0.1) is 5.92 Å². The minimum atomic E-state index is -3.09. The molecule has 0 spiro atoms. The minimum absolute atomic E-state index is 0.241. The molecule has 16 heavy (non-hydrogen) atoms. The lowest BCUT2D eigenvalue weighted by Gasteiger charge is -2.11. The van der Waals surface area contributed by atoms with E-state index < -0.39 is 9.84 Å². The maximum Gasteiger partial charge on any atom is 0.178 e. The molecule has 1 atom stereocenters. The lowest BCUT2D eigenvalue weighted by molar-refractivity contribution is 0.530. The van der Waals surface area contributed by atoms with Crippen molar-refractivity contribution < 1.29 is 8.42 Å². The monoisotopic (exact) mass is 240 g/mol. The number of benzene rings is 1. The van der Waals surface area contributed by atoms with Crippen LogP contribution in [-0.4, -0.2) is 14.2 Å². The van der Waals surface area contributed by atoms with Gasteiger partial charge >= 0.3 is 0 Å². The molecule has 0 aliphatic carbocycles. The molecule has 1 unspecified atom stereocenters. The topological polar surface area (TPSA) is 34.1 Å². The van der Waals surface area contributed by atoms with Gasteiger partial charge in [0, 0.05) is 0 Å². The molecular formula is C13H20O2S. The number of rotatable bonds is 6. The van der Waals surface area contributed by atoms with Crippen LogP contribution in [0.4, 0.5) is 0 Å². The highest BCUT2D eigenvalue weighted by molar-refractivity contribution is 7.91. The van der Waals surface area contributed by atoms with E-state index >= 15 is 0 Å². The summed E-state index contributed by atoms with van der Waals surface area (Å²) >= 11 is 0. The maximum atomic E-state index is 12.0. The predicted molar refractivity (Wildman–Crippen MR) is 67.2 cm³/mol. The van der Waals surface area contributed by atoms with Crippen molar-refractivity contribution in [3.05, 3.63) is 30.3 Å². The summed E-state index contributed by atoms with van der Waals surface area (Å²) in [4.78, 5) is 0.443. The average Bonchev–Trinajstić information content (AvgIpc) is 2.27. The molecule has 1 aromatic carbocycles. The molecule has 0 saturated heterocycles. The van der Waals surface area contributed by atoms with E-state index in [4.69, 9.17) is 0 Å². The Balaban J connectivity index is 2.66. The zero-order valence-corrected chi connectivity index (χ0v) is 10.8. The van der Waals surface area contributed by atoms with E-state index in [-0.39, 0.29) is 11.7 Å². The summed E-state index contributed by atoms with van der Waals surface area (Å²) in [6.07, 6.45) is 3.21. The Labute approximate surface area is 98.6 Å². The molecule has 0 aromatic heterocycles. The van der Waals surface area contributed by atoms with Gasteiger partial charge in [-0.25, -0.2) is 8.42 Å². The van der Waals surface area contributed by atoms with Crippen LogP contribution >= 0.6 is 0 Å². The summed E-state index contributed by atoms with van der Waals surface area (Å²) in [7, 11) is -3.09. The molecule has 2 nitrogen and oxygen atoms in total. The van der Waals surface area contributed by atoms with Gasteiger partial charge in [0.25, 0.3) is 0 Å². The van der Waals surface area contributed by atoms with E-state index in [1.807, 2.05) is 13.0 Å². The molecule has 0 fully saturated rings. The highest BCUT2D eigenvalue weighted by Gasteiger charge is 2.17. The molecule has 3 heteroatoms. The van der Waals surface area contributed by atoms with Gasteiger partial charge in [-0.2, -0.15) is 0 Å². The first kappa shape index (κ1) is 13.2. The SMILES string of the molecule is CCCCC(C)CS(=O)(=O)c1ccccc1. The van der Waals surface area contributed by atoms with Gasteiger partial charge < -0.3 is 0 Å². The summed E-state index contributed by atoms with van der Waals surface area (Å²) in [6.45, 7) is 4.13. The van der Waals surface area contributed by atoms with Crippen LogP contribution in [0.25, 0.3) is 0 Å². The van der Waals surface area contributed by atoms with Gasteiger partial charge in [-0.15, -0.1) is 0 Å². The summed E-state index contributed by atoms with van der Waals surface area (Å²) < 4.78 is 24.0. The second-order valence-electron chi connectivity index (χ2n) is 4.34. The Morgan fingerprint density at radius 1 is 1.19 bits per heavy atom. The van der Waals surface area contributed by atoms with E-state index in [9.17, 15) is 8.42 Å². The molecule has 90 valence electrons. The van der Waals surface area contributed by atoms with Crippen LogP contribution < -0.4 is 0 Å². The minimum Gasteiger partial charge on any atom is -0.224 e. The fourth-order valence-corrected chi connectivity index (χ4v) is 3.41. The number of hydrogen-bond donors (Lipinski definition) is 0. The average molecular weight is 240 g/mol. The van der Waals surface area contributed by atoms with Crippen molar-refractivity contribution in [2.45, 2.75) is 38.0 Å². The Kier molecular flexibility index (Phi) is 5.00. The van der Waals surface area contributed by atoms with Crippen LogP contribution in [0.1, 0.15) is 33.1 Å². The van der Waals surface area contributed by atoms with Crippen molar-refractivity contribution in [1.82, 2.24) is 0 Å². The third kappa shape index (κ3) is 3.97. The molecule has 1 rings (SSSR count). The third-order valence-electron chi connectivity index (χ3n) is 2.66. The third-order valence-corrected chi connectivity index (χ3v) is 4.65. The van der Waals surface area contributed by atoms with Crippen molar-refractivity contribution in [3.63, 3.8) is 0 Å². The highest BCUT2D eigenvalue weighted by atomic mass is 32.2. The van der Waals surface area contributed by atoms with Crippen molar-refractivity contribution >= 4 is 9.84 Å². The number of hydrogen-bond acceptors (Lipinski definition) is 2. The van der Waals surface area contributed by atoms with Crippen LogP contribution in [0.3, 0.4) is 0 Å². The van der Waals surface area contributed by atoms with Gasteiger partial charge in [0.1, 0.15) is 0 Å². The molecule has 0 saturated carbocycles. The molecule has 0 N–H and O–H groups in total. The second kappa shape index (κ2) is 6.04. The normalized spacial score (nSPS) is 13.6. The van der Waals surface area contributed by atoms with Crippen LogP contribution in [0.15, 0.2) is 35.2 Å². The van der Waals surface area contributed by atoms with E-state index in [0.29, 0.717) is 4.90 Å². The summed E-state index contributed by atoms with van der Waals surface area (Å²) in [5, 5.41) is 0. The van der Waals surface area contributed by atoms with Gasteiger partial charge in [-0.3, -0.25) is 0 Å². The molecule has 0 amide bonds. The molecule has 0 heterocycles. The Bertz CT molecular complexity index is 395. The molecule has 0 bridgehead atoms. The fraction of sp³-hybridized carbons (Fsp3) is 0.538. The first-order valence-electron chi connectivity index (χ1n) is 5.84. The van der Waals surface area contributed by atoms with Gasteiger partial charge in [0.15, 0.2) is 9.84 Å². The molecule has 0 aliphatic heterocycles. The first-order valence-corrected chi connectivity index (χ1v) is 7.49. The molecule has 1 aromatic rings. The molecule has 0 aliphatic rings. The van der Waals surface area contributed by atoms with Crippen molar-refractivity contribution in [2.75, 3.05) is 5.75 Å². The Morgan fingerprint density at radius 2 is 1.81 bits per heavy atom. The van der Waals surface area contributed by atoms with Crippen LogP contribution in [-0.2, 0) is 9.84 Å². The largest absolute Gasteiger partial charge is 0.224 e. The summed E-state index contributed by atoms with van der Waals surface area (Å²) in [5.41, 5.74) is 0. The zero-order chi connectivity index (χ0) is 12.0. The summed E-state index contributed by atoms with van der Waals surface area (Å²) in [5.74, 6) is 0.502. The Morgan fingerprint density at radius 3 is 2.38 bits per heavy atom. The smallest absolute Gasteiger partial charge is 0.178 e. The maximum absolute atomic E-state index is 12.0. The second-order valence-corrected chi connectivity index (χ2v) is 6.38. The number of unbranched alkanes of at least 4 members (excludes halogenated alkanes) is 1. The Hall–Kier alpha value is -0.830. The van der Waals surface area contributed by atoms with Crippen molar-refractivity contribution in [1.29, 1.82) is 0 Å². The standard InChI is InChI=1S/C13H20O2S/c1-3-4-8-12(2)11-16(14,15)13-9-6-5-7-10-13/h5-7,9-10,12H,3-4,8,11H2,1-2H3. The van der Waals surface area contributed by atoms with Gasteiger partial charge in [0.2, 0.25) is 0 Å². The molecule has 0 radical (unpaired) electrons. The van der Waals surface area contributed by atoms with E-state index in [2.05, 4.69) is 6.92 Å². The van der Waals surface area contributed by atoms with Gasteiger partial charge in [-0.05, 0) is 24.5 Å². The van der Waals surface area contributed by atoms with Crippen molar-refractivity contribution in [3.8, 4) is 0 Å². The summed E-state index contributed by atoms with van der Waals surface area (Å²) in [6, 6.07) is 8.70. The van der Waals surface area contributed by atoms with E-state index in [0.717, 1.165) is 19.3 Å². The van der Waals surface area contributed by atoms with Crippen LogP contribution in [0.5, 0.6) is 0 Å². The lowest BCUT2D eigenvalue weighted by Crippen LogP contribution is -2.14. The van der Waals surface area contributed by atoms with E-state index in [1.54, 1.807) is 24.3 Å². The fourth-order valence-electron chi connectivity index (χ4n) is 1.73. The quantitative estimate of drug-likeness (QED) is 0.764. The van der Waals surface area contributed by atoms with Gasteiger partial charge in [0.05, 0.1) is 10.6 Å². The molecular weight excluding hydrogens is 220 g/mol. The van der Waals surface area contributed by atoms with Crippen LogP contribution in [0.2, 0.25) is 0 Å². The number of sulfone groups is 1. The zero-order valence-electron chi connectivity index (χ0n) is 10.0. The lowest BCUT2D eigenvalue weighted by atomic mass is 10.1. The van der Waals surface area contributed by atoms with Gasteiger partial charge in [-0.1, -0.05) is 44.9 Å². The predicted octanol–water partition coefficient (Wildman–Crippen LogP) is 3.29.